The molecule has 0 aliphatic carbocycles. The van der Waals surface area contributed by atoms with E-state index in [2.05, 4.69) is 37.9 Å². The normalized spacial score (nSPS) is 15.4. The summed E-state index contributed by atoms with van der Waals surface area (Å²) < 4.78 is 2.51. The second-order valence-electron chi connectivity index (χ2n) is 5.03. The number of piperazine rings is 1. The Morgan fingerprint density at radius 1 is 1.52 bits per heavy atom. The minimum absolute atomic E-state index is 0. The van der Waals surface area contributed by atoms with Crippen LogP contribution in [0.3, 0.4) is 0 Å². The fourth-order valence-corrected chi connectivity index (χ4v) is 2.39. The fourth-order valence-electron chi connectivity index (χ4n) is 2.26. The number of amides is 1. The van der Waals surface area contributed by atoms with Crippen LogP contribution >= 0.6 is 39.9 Å². The third-order valence-corrected chi connectivity index (χ3v) is 3.51. The van der Waals surface area contributed by atoms with Crippen LogP contribution < -0.4 is 10.2 Å². The molecule has 1 amide bonds. The highest BCUT2D eigenvalue weighted by atomic mass is 127. The van der Waals surface area contributed by atoms with Gasteiger partial charge in [0.25, 0.3) is 0 Å². The highest BCUT2D eigenvalue weighted by Crippen LogP contribution is 2.16. The van der Waals surface area contributed by atoms with Gasteiger partial charge in [-0.2, -0.15) is 5.10 Å². The molecule has 1 aliphatic rings. The van der Waals surface area contributed by atoms with Crippen LogP contribution in [0.15, 0.2) is 28.4 Å². The Morgan fingerprint density at radius 2 is 2.26 bits per heavy atom. The number of guanidine groups is 1. The van der Waals surface area contributed by atoms with Gasteiger partial charge in [-0.05, 0) is 6.92 Å². The van der Waals surface area contributed by atoms with Gasteiger partial charge in [0, 0.05) is 37.4 Å². The molecule has 0 bridgehead atoms. The number of carbonyl (C=O) groups excluding carboxylic acids is 1. The van der Waals surface area contributed by atoms with Crippen molar-refractivity contribution < 1.29 is 4.79 Å². The van der Waals surface area contributed by atoms with E-state index in [0.717, 1.165) is 29.2 Å². The Hall–Kier alpha value is -1.10. The van der Waals surface area contributed by atoms with Crippen molar-refractivity contribution in [2.24, 2.45) is 12.0 Å². The Balaban J connectivity index is 0.00000264. The first kappa shape index (κ1) is 19.9. The number of aliphatic imine (C=N–C) groups is 1. The van der Waals surface area contributed by atoms with E-state index in [9.17, 15) is 4.79 Å². The molecule has 128 valence electrons. The first-order chi connectivity index (χ1) is 10.5. The molecule has 1 fully saturated rings. The van der Waals surface area contributed by atoms with Crippen LogP contribution in [0.25, 0.3) is 0 Å². The van der Waals surface area contributed by atoms with Gasteiger partial charge in [-0.25, -0.2) is 4.99 Å². The molecule has 9 heteroatoms. The average Bonchev–Trinajstić information content (AvgIpc) is 2.89. The van der Waals surface area contributed by atoms with Crippen LogP contribution in [0.4, 0.5) is 5.69 Å². The second-order valence-corrected chi connectivity index (χ2v) is 6.15. The van der Waals surface area contributed by atoms with Crippen LogP contribution in [-0.2, 0) is 11.8 Å². The van der Waals surface area contributed by atoms with Gasteiger partial charge in [-0.3, -0.25) is 9.48 Å². The zero-order valence-corrected chi connectivity index (χ0v) is 17.2. The number of hydrogen-bond acceptors (Lipinski definition) is 3. The molecule has 1 aromatic heterocycles. The first-order valence-corrected chi connectivity index (χ1v) is 7.96. The van der Waals surface area contributed by atoms with Crippen molar-refractivity contribution in [2.75, 3.05) is 37.6 Å². The Kier molecular flexibility index (Phi) is 8.03. The van der Waals surface area contributed by atoms with Crippen molar-refractivity contribution >= 4 is 57.5 Å². The number of hydrogen-bond donors (Lipinski definition) is 1. The van der Waals surface area contributed by atoms with E-state index in [-0.39, 0.29) is 29.9 Å². The molecule has 0 unspecified atom stereocenters. The van der Waals surface area contributed by atoms with Crippen molar-refractivity contribution in [2.45, 2.75) is 6.92 Å². The lowest BCUT2D eigenvalue weighted by Gasteiger charge is -2.35. The molecule has 2 rings (SSSR count). The predicted molar refractivity (Wildman–Crippen MR) is 107 cm³/mol. The summed E-state index contributed by atoms with van der Waals surface area (Å²) in [5.74, 6) is 0.782. The van der Waals surface area contributed by atoms with E-state index in [1.165, 1.54) is 0 Å². The summed E-state index contributed by atoms with van der Waals surface area (Å²) >= 11 is 3.30. The van der Waals surface area contributed by atoms with Crippen LogP contribution in [0.1, 0.15) is 6.92 Å². The molecule has 23 heavy (non-hydrogen) atoms. The average molecular weight is 497 g/mol. The number of aryl methyl sites for hydroxylation is 1. The minimum Gasteiger partial charge on any atom is -0.356 e. The van der Waals surface area contributed by atoms with E-state index in [1.807, 2.05) is 25.1 Å². The molecule has 0 aromatic carbocycles. The second kappa shape index (κ2) is 9.26. The lowest BCUT2D eigenvalue weighted by atomic mass is 10.3. The molecule has 1 N–H and O–H groups in total. The Bertz CT molecular complexity index is 588. The van der Waals surface area contributed by atoms with E-state index in [4.69, 9.17) is 0 Å². The predicted octanol–water partition coefficient (Wildman–Crippen LogP) is 1.56. The number of nitrogens with one attached hydrogen (secondary N) is 1. The highest BCUT2D eigenvalue weighted by Gasteiger charge is 2.27. The summed E-state index contributed by atoms with van der Waals surface area (Å²) in [5.41, 5.74) is 0.836. The van der Waals surface area contributed by atoms with E-state index in [0.29, 0.717) is 19.6 Å². The number of carbonyl (C=O) groups is 1. The monoisotopic (exact) mass is 496 g/mol. The van der Waals surface area contributed by atoms with Crippen molar-refractivity contribution in [3.05, 3.63) is 23.5 Å². The molecule has 0 spiro atoms. The zero-order valence-electron chi connectivity index (χ0n) is 13.3. The maximum absolute atomic E-state index is 12.4. The molecule has 1 saturated heterocycles. The summed E-state index contributed by atoms with van der Waals surface area (Å²) in [5, 5.41) is 7.33. The maximum atomic E-state index is 12.4. The number of aromatic nitrogens is 2. The van der Waals surface area contributed by atoms with Gasteiger partial charge < -0.3 is 15.1 Å². The fraction of sp³-hybridized carbons (Fsp3) is 0.500. The molecule has 7 nitrogen and oxygen atoms in total. The standard InChI is InChI=1S/C14H21BrN6O.HI/c1-4-16-14(17-7-11(2)15)20-5-6-21(13(22)10-20)12-8-18-19(3)9-12;/h8-9H,2,4-7,10H2,1,3H3,(H,16,17);1H. The molecule has 1 aromatic rings. The van der Waals surface area contributed by atoms with Crippen LogP contribution in [-0.4, -0.2) is 59.3 Å². The largest absolute Gasteiger partial charge is 0.356 e. The smallest absolute Gasteiger partial charge is 0.246 e. The summed E-state index contributed by atoms with van der Waals surface area (Å²) in [6.45, 7) is 8.67. The van der Waals surface area contributed by atoms with Gasteiger partial charge in [0.1, 0.15) is 6.54 Å². The third kappa shape index (κ3) is 5.48. The van der Waals surface area contributed by atoms with Crippen molar-refractivity contribution in [3.8, 4) is 0 Å². The highest BCUT2D eigenvalue weighted by molar-refractivity contribution is 14.0. The number of rotatable bonds is 4. The van der Waals surface area contributed by atoms with Gasteiger partial charge >= 0.3 is 0 Å². The summed E-state index contributed by atoms with van der Waals surface area (Å²) in [6.07, 6.45) is 3.56. The lowest BCUT2D eigenvalue weighted by molar-refractivity contribution is -0.120. The first-order valence-electron chi connectivity index (χ1n) is 7.16. The molecular weight excluding hydrogens is 475 g/mol. The third-order valence-electron chi connectivity index (χ3n) is 3.26. The Morgan fingerprint density at radius 3 is 2.78 bits per heavy atom. The molecule has 0 radical (unpaired) electrons. The topological polar surface area (TPSA) is 65.8 Å². The van der Waals surface area contributed by atoms with Gasteiger partial charge in [0.05, 0.1) is 18.4 Å². The van der Waals surface area contributed by atoms with E-state index < -0.39 is 0 Å². The summed E-state index contributed by atoms with van der Waals surface area (Å²) in [6, 6.07) is 0. The molecule has 2 heterocycles. The molecule has 1 aliphatic heterocycles. The van der Waals surface area contributed by atoms with E-state index in [1.54, 1.807) is 15.8 Å². The number of anilines is 1. The minimum atomic E-state index is 0. The van der Waals surface area contributed by atoms with Gasteiger partial charge in [-0.1, -0.05) is 22.5 Å². The van der Waals surface area contributed by atoms with Crippen LogP contribution in [0.2, 0.25) is 0 Å². The zero-order chi connectivity index (χ0) is 16.1. The lowest BCUT2D eigenvalue weighted by Crippen LogP contribution is -2.55. The van der Waals surface area contributed by atoms with Gasteiger partial charge in [0.2, 0.25) is 5.91 Å². The summed E-state index contributed by atoms with van der Waals surface area (Å²) in [4.78, 5) is 20.6. The maximum Gasteiger partial charge on any atom is 0.246 e. The molecule has 0 saturated carbocycles. The molecule has 0 atom stereocenters. The van der Waals surface area contributed by atoms with Crippen LogP contribution in [0.5, 0.6) is 0 Å². The van der Waals surface area contributed by atoms with Crippen molar-refractivity contribution in [1.29, 1.82) is 0 Å². The number of nitrogens with zero attached hydrogens (tertiary/aromatic N) is 5. The van der Waals surface area contributed by atoms with E-state index >= 15 is 0 Å². The van der Waals surface area contributed by atoms with Gasteiger partial charge in [-0.15, -0.1) is 24.0 Å². The van der Waals surface area contributed by atoms with Crippen molar-refractivity contribution in [1.82, 2.24) is 20.0 Å². The summed E-state index contributed by atoms with van der Waals surface area (Å²) in [7, 11) is 1.84. The van der Waals surface area contributed by atoms with Crippen molar-refractivity contribution in [3.63, 3.8) is 0 Å². The molecular formula is C14H22BrIN6O. The quantitative estimate of drug-likeness (QED) is 0.390. The van der Waals surface area contributed by atoms with Crippen LogP contribution in [0, 0.1) is 0 Å². The Labute approximate surface area is 161 Å². The van der Waals surface area contributed by atoms with Gasteiger partial charge in [0.15, 0.2) is 5.96 Å². The number of halogens is 2. The SMILES string of the molecule is C=C(Br)CN=C(NCC)N1CCN(c2cnn(C)c2)C(=O)C1.I.